The smallest absolute Gasteiger partial charge is 0.258 e. The molecule has 7 heteroatoms. The summed E-state index contributed by atoms with van der Waals surface area (Å²) in [6, 6.07) is 12.7. The summed E-state index contributed by atoms with van der Waals surface area (Å²) in [4.78, 5) is 27.5. The molecule has 2 aromatic carbocycles. The zero-order chi connectivity index (χ0) is 22.1. The quantitative estimate of drug-likeness (QED) is 0.811. The highest BCUT2D eigenvalue weighted by atomic mass is 16.5. The first kappa shape index (κ1) is 22.5. The van der Waals surface area contributed by atoms with Crippen LogP contribution in [0.25, 0.3) is 0 Å². The van der Waals surface area contributed by atoms with E-state index in [9.17, 15) is 9.59 Å². The first-order valence-electron chi connectivity index (χ1n) is 10.7. The van der Waals surface area contributed by atoms with Gasteiger partial charge < -0.3 is 24.4 Å². The van der Waals surface area contributed by atoms with E-state index in [-0.39, 0.29) is 24.9 Å². The standard InChI is InChI=1S/C24H30N2O5/c1-3-30-21-13-9-10-18-16-26(24(28)19-11-5-6-12-20(19)29-2)17-22(27)25-14-7-4-8-15-31-23(18)21/h5-6,9-13H,3-4,7-8,14-17H2,1-2H3,(H,25,27). The third kappa shape index (κ3) is 5.90. The highest BCUT2D eigenvalue weighted by molar-refractivity contribution is 5.98. The molecule has 166 valence electrons. The van der Waals surface area contributed by atoms with Crippen LogP contribution in [0.4, 0.5) is 0 Å². The van der Waals surface area contributed by atoms with Gasteiger partial charge >= 0.3 is 0 Å². The highest BCUT2D eigenvalue weighted by Crippen LogP contribution is 2.33. The van der Waals surface area contributed by atoms with Crippen molar-refractivity contribution in [1.29, 1.82) is 0 Å². The maximum absolute atomic E-state index is 13.4. The van der Waals surface area contributed by atoms with E-state index in [1.165, 1.54) is 12.0 Å². The highest BCUT2D eigenvalue weighted by Gasteiger charge is 2.24. The molecule has 7 nitrogen and oxygen atoms in total. The van der Waals surface area contributed by atoms with Crippen LogP contribution in [0.2, 0.25) is 0 Å². The fourth-order valence-corrected chi connectivity index (χ4v) is 3.55. The Kier molecular flexibility index (Phi) is 8.15. The second kappa shape index (κ2) is 11.2. The maximum Gasteiger partial charge on any atom is 0.258 e. The summed E-state index contributed by atoms with van der Waals surface area (Å²) in [7, 11) is 1.52. The van der Waals surface area contributed by atoms with Crippen LogP contribution in [0.15, 0.2) is 42.5 Å². The number of carbonyl (C=O) groups excluding carboxylic acids is 2. The van der Waals surface area contributed by atoms with Crippen molar-refractivity contribution in [2.24, 2.45) is 0 Å². The fraction of sp³-hybridized carbons (Fsp3) is 0.417. The number of ether oxygens (including phenoxy) is 3. The maximum atomic E-state index is 13.4. The predicted octanol–water partition coefficient (Wildman–Crippen LogP) is 3.42. The average molecular weight is 427 g/mol. The molecular weight excluding hydrogens is 396 g/mol. The van der Waals surface area contributed by atoms with Crippen molar-refractivity contribution in [3.63, 3.8) is 0 Å². The van der Waals surface area contributed by atoms with Crippen LogP contribution >= 0.6 is 0 Å². The van der Waals surface area contributed by atoms with E-state index in [4.69, 9.17) is 14.2 Å². The molecule has 0 saturated carbocycles. The molecule has 0 aromatic heterocycles. The summed E-state index contributed by atoms with van der Waals surface area (Å²) in [5, 5.41) is 2.91. The van der Waals surface area contributed by atoms with E-state index < -0.39 is 0 Å². The lowest BCUT2D eigenvalue weighted by molar-refractivity contribution is -0.121. The van der Waals surface area contributed by atoms with E-state index >= 15 is 0 Å². The number of benzene rings is 2. The van der Waals surface area contributed by atoms with Crippen molar-refractivity contribution in [3.05, 3.63) is 53.6 Å². The Labute approximate surface area is 183 Å². The number of para-hydroxylation sites is 2. The Morgan fingerprint density at radius 1 is 1.06 bits per heavy atom. The van der Waals surface area contributed by atoms with Gasteiger partial charge in [0.1, 0.15) is 12.3 Å². The van der Waals surface area contributed by atoms with Crippen molar-refractivity contribution < 1.29 is 23.8 Å². The first-order valence-corrected chi connectivity index (χ1v) is 10.7. The fourth-order valence-electron chi connectivity index (χ4n) is 3.55. The van der Waals surface area contributed by atoms with Gasteiger partial charge in [0.05, 0.1) is 32.4 Å². The molecule has 1 N–H and O–H groups in total. The Morgan fingerprint density at radius 2 is 1.87 bits per heavy atom. The number of hydrogen-bond acceptors (Lipinski definition) is 5. The second-order valence-electron chi connectivity index (χ2n) is 7.30. The first-order chi connectivity index (χ1) is 15.1. The molecule has 1 aliphatic heterocycles. The van der Waals surface area contributed by atoms with Crippen molar-refractivity contribution in [2.45, 2.75) is 32.7 Å². The van der Waals surface area contributed by atoms with Gasteiger partial charge in [0.2, 0.25) is 5.91 Å². The lowest BCUT2D eigenvalue weighted by Crippen LogP contribution is -2.40. The van der Waals surface area contributed by atoms with Crippen LogP contribution < -0.4 is 19.5 Å². The van der Waals surface area contributed by atoms with Crippen LogP contribution in [0.5, 0.6) is 17.2 Å². The summed E-state index contributed by atoms with van der Waals surface area (Å²) in [5.41, 5.74) is 1.20. The molecule has 0 radical (unpaired) electrons. The minimum Gasteiger partial charge on any atom is -0.496 e. The zero-order valence-electron chi connectivity index (χ0n) is 18.2. The van der Waals surface area contributed by atoms with Crippen molar-refractivity contribution in [3.8, 4) is 17.2 Å². The van der Waals surface area contributed by atoms with Gasteiger partial charge in [-0.15, -0.1) is 0 Å². The third-order valence-electron chi connectivity index (χ3n) is 5.07. The number of nitrogens with zero attached hydrogens (tertiary/aromatic N) is 1. The molecule has 0 bridgehead atoms. The van der Waals surface area contributed by atoms with E-state index in [0.29, 0.717) is 42.6 Å². The Balaban J connectivity index is 1.98. The molecule has 1 aliphatic rings. The Bertz CT molecular complexity index is 899. The summed E-state index contributed by atoms with van der Waals surface area (Å²) in [5.74, 6) is 1.27. The summed E-state index contributed by atoms with van der Waals surface area (Å²) >= 11 is 0. The SMILES string of the molecule is CCOc1cccc2c1OCCCCCNC(=O)CN(C(=O)c1ccccc1OC)C2. The van der Waals surface area contributed by atoms with Gasteiger partial charge in [0.15, 0.2) is 11.5 Å². The van der Waals surface area contributed by atoms with Gasteiger partial charge in [-0.2, -0.15) is 0 Å². The molecule has 0 unspecified atom stereocenters. The summed E-state index contributed by atoms with van der Waals surface area (Å²) in [6.45, 7) is 3.70. The van der Waals surface area contributed by atoms with Crippen LogP contribution in [0, 0.1) is 0 Å². The predicted molar refractivity (Wildman–Crippen MR) is 118 cm³/mol. The molecule has 0 atom stereocenters. The molecular formula is C24H30N2O5. The Morgan fingerprint density at radius 3 is 2.68 bits per heavy atom. The van der Waals surface area contributed by atoms with Crippen LogP contribution in [-0.4, -0.2) is 50.1 Å². The molecule has 0 aliphatic carbocycles. The zero-order valence-corrected chi connectivity index (χ0v) is 18.2. The van der Waals surface area contributed by atoms with Crippen molar-refractivity contribution >= 4 is 11.8 Å². The molecule has 0 fully saturated rings. The molecule has 31 heavy (non-hydrogen) atoms. The van der Waals surface area contributed by atoms with Gasteiger partial charge in [-0.05, 0) is 44.4 Å². The number of fused-ring (bicyclic) bond motifs is 1. The average Bonchev–Trinajstić information content (AvgIpc) is 2.80. The van der Waals surface area contributed by atoms with Crippen molar-refractivity contribution in [1.82, 2.24) is 10.2 Å². The molecule has 2 aromatic rings. The topological polar surface area (TPSA) is 77.1 Å². The minimum atomic E-state index is -0.282. The van der Waals surface area contributed by atoms with Gasteiger partial charge in [-0.25, -0.2) is 0 Å². The lowest BCUT2D eigenvalue weighted by atomic mass is 10.1. The Hall–Kier alpha value is -3.22. The minimum absolute atomic E-state index is 0.0603. The molecule has 2 amide bonds. The number of nitrogens with one attached hydrogen (secondary N) is 1. The van der Waals surface area contributed by atoms with Crippen molar-refractivity contribution in [2.75, 3.05) is 33.4 Å². The number of amides is 2. The lowest BCUT2D eigenvalue weighted by Gasteiger charge is -2.25. The largest absolute Gasteiger partial charge is 0.496 e. The molecule has 0 spiro atoms. The second-order valence-corrected chi connectivity index (χ2v) is 7.30. The van der Waals surface area contributed by atoms with Crippen LogP contribution in [0.1, 0.15) is 42.1 Å². The van der Waals surface area contributed by atoms with Crippen LogP contribution in [0.3, 0.4) is 0 Å². The summed E-state index contributed by atoms with van der Waals surface area (Å²) in [6.07, 6.45) is 2.67. The van der Waals surface area contributed by atoms with Gasteiger partial charge in [-0.3, -0.25) is 9.59 Å². The number of carbonyl (C=O) groups is 2. The number of hydrogen-bond donors (Lipinski definition) is 1. The normalized spacial score (nSPS) is 15.3. The third-order valence-corrected chi connectivity index (χ3v) is 5.07. The molecule has 0 saturated heterocycles. The van der Waals surface area contributed by atoms with E-state index in [0.717, 1.165) is 24.8 Å². The van der Waals surface area contributed by atoms with Crippen LogP contribution in [-0.2, 0) is 11.3 Å². The van der Waals surface area contributed by atoms with Gasteiger partial charge in [-0.1, -0.05) is 24.3 Å². The van der Waals surface area contributed by atoms with E-state index in [2.05, 4.69) is 5.32 Å². The van der Waals surface area contributed by atoms with E-state index in [1.54, 1.807) is 24.3 Å². The molecule has 3 rings (SSSR count). The van der Waals surface area contributed by atoms with Gasteiger partial charge in [0, 0.05) is 12.1 Å². The molecule has 1 heterocycles. The number of rotatable bonds is 4. The monoisotopic (exact) mass is 426 g/mol. The number of methoxy groups -OCH3 is 1. The van der Waals surface area contributed by atoms with E-state index in [1.807, 2.05) is 25.1 Å². The van der Waals surface area contributed by atoms with Gasteiger partial charge in [0.25, 0.3) is 5.91 Å². The summed E-state index contributed by atoms with van der Waals surface area (Å²) < 4.78 is 17.2.